The SMILES string of the molecule is CCCC(C)(COC(=O)c1ccc(C(=O)O)cc1)OC(=O)c1ccc(C(=O)OCC(C)(CC)OC(=O)c2ccc(C(=O)OCCO)cc2)cc1. The standard InChI is InChI=1S/C37H40O13/c1-5-19-37(4,23-48-33(43)26-9-7-24(8-10-26)30(39)40)50-35(45)29-17-13-27(14-18-29)32(42)47-22-36(3,6-2)49-34(44)28-15-11-25(12-16-28)31(41)46-21-20-38/h7-18,38H,5-6,19-23H2,1-4H3,(H,39,40). The zero-order valence-corrected chi connectivity index (χ0v) is 28.3. The first kappa shape index (κ1) is 38.9. The van der Waals surface area contributed by atoms with Crippen LogP contribution in [0.2, 0.25) is 0 Å². The number of carboxylic acids is 1. The maximum Gasteiger partial charge on any atom is 0.338 e. The lowest BCUT2D eigenvalue weighted by Gasteiger charge is -2.29. The van der Waals surface area contributed by atoms with Crippen molar-refractivity contribution in [3.63, 3.8) is 0 Å². The largest absolute Gasteiger partial charge is 0.478 e. The van der Waals surface area contributed by atoms with Crippen LogP contribution < -0.4 is 0 Å². The first-order valence-corrected chi connectivity index (χ1v) is 15.9. The van der Waals surface area contributed by atoms with Gasteiger partial charge in [0.2, 0.25) is 0 Å². The number of carboxylic acid groups (broad SMARTS) is 1. The molecule has 0 aliphatic rings. The van der Waals surface area contributed by atoms with Crippen LogP contribution in [-0.2, 0) is 23.7 Å². The summed E-state index contributed by atoms with van der Waals surface area (Å²) in [7, 11) is 0. The lowest BCUT2D eigenvalue weighted by molar-refractivity contribution is -0.0502. The van der Waals surface area contributed by atoms with Gasteiger partial charge in [0.05, 0.1) is 40.0 Å². The number of carbonyl (C=O) groups excluding carboxylic acids is 5. The highest BCUT2D eigenvalue weighted by Crippen LogP contribution is 2.23. The van der Waals surface area contributed by atoms with Crippen LogP contribution in [0.3, 0.4) is 0 Å². The van der Waals surface area contributed by atoms with Crippen LogP contribution in [0.1, 0.15) is 109 Å². The van der Waals surface area contributed by atoms with Crippen molar-refractivity contribution in [2.45, 2.75) is 58.2 Å². The molecule has 2 atom stereocenters. The molecule has 2 unspecified atom stereocenters. The van der Waals surface area contributed by atoms with Gasteiger partial charge < -0.3 is 33.9 Å². The Morgan fingerprint density at radius 2 is 0.880 bits per heavy atom. The molecule has 0 amide bonds. The van der Waals surface area contributed by atoms with Crippen LogP contribution in [-0.4, -0.2) is 83.7 Å². The molecule has 3 rings (SSSR count). The molecule has 0 radical (unpaired) electrons. The fourth-order valence-corrected chi connectivity index (χ4v) is 4.51. The Labute approximate surface area is 289 Å². The van der Waals surface area contributed by atoms with Crippen LogP contribution in [0.5, 0.6) is 0 Å². The third-order valence-corrected chi connectivity index (χ3v) is 7.63. The van der Waals surface area contributed by atoms with E-state index in [1.165, 1.54) is 72.8 Å². The van der Waals surface area contributed by atoms with Gasteiger partial charge >= 0.3 is 35.8 Å². The summed E-state index contributed by atoms with van der Waals surface area (Å²) < 4.78 is 27.0. The van der Waals surface area contributed by atoms with E-state index in [4.69, 9.17) is 33.9 Å². The summed E-state index contributed by atoms with van der Waals surface area (Å²) in [5, 5.41) is 17.8. The molecule has 0 spiro atoms. The molecule has 13 nitrogen and oxygen atoms in total. The summed E-state index contributed by atoms with van der Waals surface area (Å²) in [6, 6.07) is 16.4. The molecule has 2 N–H and O–H groups in total. The van der Waals surface area contributed by atoms with Gasteiger partial charge in [-0.2, -0.15) is 0 Å². The average molecular weight is 693 g/mol. The van der Waals surface area contributed by atoms with E-state index in [1.54, 1.807) is 20.8 Å². The molecule has 0 aromatic heterocycles. The monoisotopic (exact) mass is 692 g/mol. The molecule has 0 heterocycles. The highest BCUT2D eigenvalue weighted by atomic mass is 16.6. The summed E-state index contributed by atoms with van der Waals surface area (Å²) >= 11 is 0. The van der Waals surface area contributed by atoms with Crippen LogP contribution >= 0.6 is 0 Å². The van der Waals surface area contributed by atoms with E-state index in [0.29, 0.717) is 19.3 Å². The maximum absolute atomic E-state index is 13.0. The molecule has 3 aromatic carbocycles. The minimum absolute atomic E-state index is 0.0217. The van der Waals surface area contributed by atoms with E-state index in [0.717, 1.165) is 0 Å². The van der Waals surface area contributed by atoms with Crippen molar-refractivity contribution >= 4 is 35.8 Å². The Morgan fingerprint density at radius 1 is 0.540 bits per heavy atom. The van der Waals surface area contributed by atoms with E-state index in [1.807, 2.05) is 6.92 Å². The van der Waals surface area contributed by atoms with Crippen molar-refractivity contribution in [1.82, 2.24) is 0 Å². The van der Waals surface area contributed by atoms with Gasteiger partial charge in [-0.15, -0.1) is 0 Å². The van der Waals surface area contributed by atoms with Crippen LogP contribution in [0.4, 0.5) is 0 Å². The normalized spacial score (nSPS) is 13.1. The summed E-state index contributed by atoms with van der Waals surface area (Å²) in [6.45, 7) is 5.90. The second kappa shape index (κ2) is 17.7. The van der Waals surface area contributed by atoms with E-state index >= 15 is 0 Å². The summed E-state index contributed by atoms with van der Waals surface area (Å²) in [4.78, 5) is 74.2. The van der Waals surface area contributed by atoms with Gasteiger partial charge in [-0.05, 0) is 99.5 Å². The number of aliphatic hydroxyl groups excluding tert-OH is 1. The zero-order valence-electron chi connectivity index (χ0n) is 28.3. The smallest absolute Gasteiger partial charge is 0.338 e. The Balaban J connectivity index is 1.56. The lowest BCUT2D eigenvalue weighted by atomic mass is 10.0. The Morgan fingerprint density at radius 3 is 1.24 bits per heavy atom. The van der Waals surface area contributed by atoms with Gasteiger partial charge in [0.1, 0.15) is 31.0 Å². The van der Waals surface area contributed by atoms with E-state index < -0.39 is 47.0 Å². The van der Waals surface area contributed by atoms with Crippen molar-refractivity contribution in [3.05, 3.63) is 106 Å². The van der Waals surface area contributed by atoms with Crippen LogP contribution in [0.15, 0.2) is 72.8 Å². The Hall–Kier alpha value is -5.56. The van der Waals surface area contributed by atoms with Crippen molar-refractivity contribution in [2.75, 3.05) is 26.4 Å². The molecule has 266 valence electrons. The third-order valence-electron chi connectivity index (χ3n) is 7.63. The van der Waals surface area contributed by atoms with Gasteiger partial charge in [0.15, 0.2) is 0 Å². The van der Waals surface area contributed by atoms with Crippen molar-refractivity contribution in [1.29, 1.82) is 0 Å². The molecule has 0 aliphatic heterocycles. The Bertz CT molecular complexity index is 1660. The van der Waals surface area contributed by atoms with Crippen LogP contribution in [0.25, 0.3) is 0 Å². The molecule has 13 heteroatoms. The molecule has 0 bridgehead atoms. The van der Waals surface area contributed by atoms with Gasteiger partial charge in [-0.25, -0.2) is 28.8 Å². The molecule has 50 heavy (non-hydrogen) atoms. The number of hydrogen-bond donors (Lipinski definition) is 2. The number of benzene rings is 3. The fourth-order valence-electron chi connectivity index (χ4n) is 4.51. The molecule has 3 aromatic rings. The fraction of sp³-hybridized carbons (Fsp3) is 0.351. The van der Waals surface area contributed by atoms with E-state index in [2.05, 4.69) is 0 Å². The highest BCUT2D eigenvalue weighted by Gasteiger charge is 2.32. The minimum Gasteiger partial charge on any atom is -0.478 e. The summed E-state index contributed by atoms with van der Waals surface area (Å²) in [5.74, 6) is -4.59. The second-order valence-electron chi connectivity index (χ2n) is 11.8. The van der Waals surface area contributed by atoms with Crippen molar-refractivity contribution < 1.29 is 62.7 Å². The van der Waals surface area contributed by atoms with Gasteiger partial charge in [-0.3, -0.25) is 0 Å². The molecular formula is C37H40O13. The average Bonchev–Trinajstić information content (AvgIpc) is 3.12. The molecule has 0 aliphatic carbocycles. The zero-order chi connectivity index (χ0) is 36.9. The molecule has 0 fully saturated rings. The highest BCUT2D eigenvalue weighted by molar-refractivity contribution is 5.95. The summed E-state index contributed by atoms with van der Waals surface area (Å²) in [6.07, 6.45) is 1.30. The van der Waals surface area contributed by atoms with Crippen molar-refractivity contribution in [2.24, 2.45) is 0 Å². The van der Waals surface area contributed by atoms with E-state index in [-0.39, 0.29) is 59.8 Å². The molecule has 0 saturated carbocycles. The van der Waals surface area contributed by atoms with Crippen LogP contribution in [0, 0.1) is 0 Å². The first-order chi connectivity index (χ1) is 23.7. The second-order valence-corrected chi connectivity index (χ2v) is 11.8. The third kappa shape index (κ3) is 11.0. The maximum atomic E-state index is 13.0. The van der Waals surface area contributed by atoms with Crippen molar-refractivity contribution in [3.8, 4) is 0 Å². The number of aliphatic hydroxyl groups is 1. The molecule has 0 saturated heterocycles. The topological polar surface area (TPSA) is 189 Å². The first-order valence-electron chi connectivity index (χ1n) is 15.9. The summed E-state index contributed by atoms with van der Waals surface area (Å²) in [5.41, 5.74) is -1.55. The quantitative estimate of drug-likeness (QED) is 0.137. The Kier molecular flexibility index (Phi) is 13.8. The van der Waals surface area contributed by atoms with Gasteiger partial charge in [-0.1, -0.05) is 20.3 Å². The number of rotatable bonds is 17. The van der Waals surface area contributed by atoms with Gasteiger partial charge in [0, 0.05) is 0 Å². The predicted molar refractivity (Wildman–Crippen MR) is 177 cm³/mol. The lowest BCUT2D eigenvalue weighted by Crippen LogP contribution is -2.37. The number of aromatic carboxylic acids is 1. The number of hydrogen-bond acceptors (Lipinski definition) is 12. The van der Waals surface area contributed by atoms with Gasteiger partial charge in [0.25, 0.3) is 0 Å². The number of carbonyl (C=O) groups is 6. The molecular weight excluding hydrogens is 652 g/mol. The minimum atomic E-state index is -1.18. The predicted octanol–water partition coefficient (Wildman–Crippen LogP) is 5.29. The number of ether oxygens (including phenoxy) is 5. The van der Waals surface area contributed by atoms with E-state index in [9.17, 15) is 28.8 Å². The number of esters is 5.